The van der Waals surface area contributed by atoms with Gasteiger partial charge in [-0.1, -0.05) is 48.0 Å². The fourth-order valence-corrected chi connectivity index (χ4v) is 3.68. The van der Waals surface area contributed by atoms with Crippen molar-refractivity contribution in [1.29, 1.82) is 0 Å². The number of hydrogen-bond donors (Lipinski definition) is 2. The molecule has 2 heterocycles. The summed E-state index contributed by atoms with van der Waals surface area (Å²) in [6.07, 6.45) is 0. The molecule has 140 valence electrons. The first-order chi connectivity index (χ1) is 13.1. The van der Waals surface area contributed by atoms with Crippen molar-refractivity contribution in [3.63, 3.8) is 0 Å². The van der Waals surface area contributed by atoms with Crippen molar-refractivity contribution in [2.75, 3.05) is 32.0 Å². The van der Waals surface area contributed by atoms with E-state index in [0.29, 0.717) is 10.8 Å². The van der Waals surface area contributed by atoms with Gasteiger partial charge in [-0.2, -0.15) is 5.10 Å². The van der Waals surface area contributed by atoms with Crippen LogP contribution in [0.3, 0.4) is 0 Å². The Morgan fingerprint density at radius 2 is 1.89 bits per heavy atom. The number of aromatic nitrogens is 2. The van der Waals surface area contributed by atoms with Crippen LogP contribution in [0.4, 0.5) is 5.82 Å². The third-order valence-electron chi connectivity index (χ3n) is 5.07. The van der Waals surface area contributed by atoms with E-state index in [0.717, 1.165) is 60.9 Å². The highest BCUT2D eigenvalue weighted by Gasteiger charge is 2.23. The number of rotatable bonds is 4. The van der Waals surface area contributed by atoms with Crippen LogP contribution in [0, 0.1) is 6.92 Å². The summed E-state index contributed by atoms with van der Waals surface area (Å²) in [4.78, 5) is 1.46. The zero-order chi connectivity index (χ0) is 18.8. The maximum absolute atomic E-state index is 6.58. The van der Waals surface area contributed by atoms with Crippen molar-refractivity contribution in [3.8, 4) is 16.8 Å². The number of nitrogens with one attached hydrogen (secondary N) is 1. The number of nitrogens with zero attached hydrogens (tertiary/aromatic N) is 2. The van der Waals surface area contributed by atoms with Crippen LogP contribution in [-0.4, -0.2) is 36.1 Å². The lowest BCUT2D eigenvalue weighted by atomic mass is 10.0. The summed E-state index contributed by atoms with van der Waals surface area (Å²) < 4.78 is 7.30. The van der Waals surface area contributed by atoms with E-state index in [2.05, 4.69) is 12.1 Å². The summed E-state index contributed by atoms with van der Waals surface area (Å²) in [7, 11) is 0. The number of halogens is 1. The van der Waals surface area contributed by atoms with Crippen molar-refractivity contribution in [2.24, 2.45) is 0 Å². The van der Waals surface area contributed by atoms with E-state index in [-0.39, 0.29) is 0 Å². The molecule has 1 saturated heterocycles. The Labute approximate surface area is 164 Å². The molecule has 1 aliphatic heterocycles. The predicted molar refractivity (Wildman–Crippen MR) is 108 cm³/mol. The van der Waals surface area contributed by atoms with Crippen LogP contribution < -0.4 is 10.6 Å². The first-order valence-electron chi connectivity index (χ1n) is 9.24. The topological polar surface area (TPSA) is 57.5 Å². The Hall–Kier alpha value is -2.34. The van der Waals surface area contributed by atoms with Crippen LogP contribution in [0.25, 0.3) is 16.8 Å². The Kier molecular flexibility index (Phi) is 5.16. The molecule has 0 amide bonds. The third-order valence-corrected chi connectivity index (χ3v) is 5.48. The average molecular weight is 384 g/mol. The number of hydrogen-bond acceptors (Lipinski definition) is 3. The van der Waals surface area contributed by atoms with Crippen LogP contribution in [0.1, 0.15) is 11.3 Å². The molecule has 3 N–H and O–H groups in total. The molecule has 4 rings (SSSR count). The number of ether oxygens (including phenoxy) is 1. The van der Waals surface area contributed by atoms with Gasteiger partial charge in [-0.15, -0.1) is 0 Å². The van der Waals surface area contributed by atoms with Gasteiger partial charge in [0.1, 0.15) is 31.1 Å². The van der Waals surface area contributed by atoms with E-state index in [1.807, 2.05) is 48.0 Å². The Bertz CT molecular complexity index is 933. The quantitative estimate of drug-likeness (QED) is 0.727. The molecule has 0 atom stereocenters. The number of benzene rings is 2. The number of quaternary nitrogens is 1. The molecule has 0 radical (unpaired) electrons. The van der Waals surface area contributed by atoms with Crippen LogP contribution in [-0.2, 0) is 11.3 Å². The third kappa shape index (κ3) is 3.72. The molecule has 0 aliphatic carbocycles. The van der Waals surface area contributed by atoms with Gasteiger partial charge in [0.05, 0.1) is 24.5 Å². The molecule has 27 heavy (non-hydrogen) atoms. The zero-order valence-electron chi connectivity index (χ0n) is 15.4. The first kappa shape index (κ1) is 18.0. The molecule has 0 saturated carbocycles. The Morgan fingerprint density at radius 1 is 1.15 bits per heavy atom. The van der Waals surface area contributed by atoms with Crippen LogP contribution in [0.5, 0.6) is 0 Å². The Balaban J connectivity index is 1.79. The summed E-state index contributed by atoms with van der Waals surface area (Å²) in [5, 5.41) is 5.60. The highest BCUT2D eigenvalue weighted by atomic mass is 35.5. The molecule has 1 fully saturated rings. The second-order valence-electron chi connectivity index (χ2n) is 6.96. The van der Waals surface area contributed by atoms with Crippen LogP contribution >= 0.6 is 11.6 Å². The van der Waals surface area contributed by atoms with Gasteiger partial charge in [-0.05, 0) is 30.2 Å². The van der Waals surface area contributed by atoms with Gasteiger partial charge in [0.2, 0.25) is 0 Å². The summed E-state index contributed by atoms with van der Waals surface area (Å²) >= 11 is 6.34. The highest BCUT2D eigenvalue weighted by molar-refractivity contribution is 6.31. The molecule has 3 aromatic rings. The van der Waals surface area contributed by atoms with Gasteiger partial charge < -0.3 is 15.4 Å². The fourth-order valence-electron chi connectivity index (χ4n) is 3.51. The monoisotopic (exact) mass is 383 g/mol. The van der Waals surface area contributed by atoms with Crippen LogP contribution in [0.2, 0.25) is 5.02 Å². The highest BCUT2D eigenvalue weighted by Crippen LogP contribution is 2.32. The SMILES string of the molecule is Cc1ccc(-n2nc(C[NH+]3CCOCC3)c(-c3ccccc3)c2N)cc1Cl. The van der Waals surface area contributed by atoms with E-state index in [4.69, 9.17) is 27.2 Å². The lowest BCUT2D eigenvalue weighted by molar-refractivity contribution is -0.921. The zero-order valence-corrected chi connectivity index (χ0v) is 16.2. The van der Waals surface area contributed by atoms with E-state index in [9.17, 15) is 0 Å². The molecular formula is C21H24ClN4O+. The van der Waals surface area contributed by atoms with Crippen molar-refractivity contribution in [2.45, 2.75) is 13.5 Å². The maximum atomic E-state index is 6.58. The first-order valence-corrected chi connectivity index (χ1v) is 9.62. The largest absolute Gasteiger partial charge is 0.383 e. The van der Waals surface area contributed by atoms with Gasteiger partial charge in [-0.25, -0.2) is 4.68 Å². The minimum Gasteiger partial charge on any atom is -0.383 e. The second kappa shape index (κ2) is 7.72. The number of nitrogens with two attached hydrogens (primary N) is 1. The van der Waals surface area contributed by atoms with Gasteiger partial charge in [-0.3, -0.25) is 0 Å². The van der Waals surface area contributed by atoms with E-state index < -0.39 is 0 Å². The normalized spacial score (nSPS) is 15.2. The van der Waals surface area contributed by atoms with Gasteiger partial charge >= 0.3 is 0 Å². The number of morpholine rings is 1. The molecule has 1 aliphatic rings. The maximum Gasteiger partial charge on any atom is 0.135 e. The smallest absolute Gasteiger partial charge is 0.135 e. The molecular weight excluding hydrogens is 360 g/mol. The number of anilines is 1. The number of aryl methyl sites for hydroxylation is 1. The minimum absolute atomic E-state index is 0.642. The molecule has 1 aromatic heterocycles. The number of nitrogen functional groups attached to an aromatic ring is 1. The lowest BCUT2D eigenvalue weighted by Gasteiger charge is -2.23. The molecule has 5 nitrogen and oxygen atoms in total. The molecule has 2 aromatic carbocycles. The molecule has 0 unspecified atom stereocenters. The van der Waals surface area contributed by atoms with E-state index >= 15 is 0 Å². The molecule has 6 heteroatoms. The Morgan fingerprint density at radius 3 is 2.59 bits per heavy atom. The fraction of sp³-hybridized carbons (Fsp3) is 0.286. The lowest BCUT2D eigenvalue weighted by Crippen LogP contribution is -3.12. The van der Waals surface area contributed by atoms with Crippen molar-refractivity contribution in [3.05, 3.63) is 64.8 Å². The van der Waals surface area contributed by atoms with Gasteiger partial charge in [0.15, 0.2) is 0 Å². The summed E-state index contributed by atoms with van der Waals surface area (Å²) in [6, 6.07) is 16.1. The van der Waals surface area contributed by atoms with Crippen molar-refractivity contribution < 1.29 is 9.64 Å². The van der Waals surface area contributed by atoms with Crippen molar-refractivity contribution >= 4 is 17.4 Å². The summed E-state index contributed by atoms with van der Waals surface area (Å²) in [6.45, 7) is 6.36. The summed E-state index contributed by atoms with van der Waals surface area (Å²) in [5.41, 5.74) is 11.6. The van der Waals surface area contributed by atoms with Crippen LogP contribution in [0.15, 0.2) is 48.5 Å². The second-order valence-corrected chi connectivity index (χ2v) is 7.36. The predicted octanol–water partition coefficient (Wildman–Crippen LogP) is 2.50. The standard InChI is InChI=1S/C21H23ClN4O/c1-15-7-8-17(13-18(15)22)26-21(23)20(16-5-3-2-4-6-16)19(24-26)14-25-9-11-27-12-10-25/h2-8,13H,9-12,14,23H2,1H3/p+1. The van der Waals surface area contributed by atoms with E-state index in [1.54, 1.807) is 0 Å². The molecule has 0 bridgehead atoms. The summed E-state index contributed by atoms with van der Waals surface area (Å²) in [5.74, 6) is 0.642. The van der Waals surface area contributed by atoms with E-state index in [1.165, 1.54) is 4.90 Å². The van der Waals surface area contributed by atoms with Crippen molar-refractivity contribution in [1.82, 2.24) is 9.78 Å². The van der Waals surface area contributed by atoms with Gasteiger partial charge in [0, 0.05) is 5.02 Å². The average Bonchev–Trinajstić information content (AvgIpc) is 3.01. The minimum atomic E-state index is 0.642. The molecule has 0 spiro atoms. The van der Waals surface area contributed by atoms with Gasteiger partial charge in [0.25, 0.3) is 0 Å².